The molecule has 5 nitrogen and oxygen atoms in total. The van der Waals surface area contributed by atoms with Crippen molar-refractivity contribution in [3.63, 3.8) is 0 Å². The number of benzene rings is 1. The summed E-state index contributed by atoms with van der Waals surface area (Å²) in [6.07, 6.45) is 1.51. The molecule has 2 aromatic heterocycles. The van der Waals surface area contributed by atoms with Crippen molar-refractivity contribution in [2.24, 2.45) is 0 Å². The second kappa shape index (κ2) is 5.46. The number of rotatable bonds is 3. The third-order valence-corrected chi connectivity index (χ3v) is 3.20. The summed E-state index contributed by atoms with van der Waals surface area (Å²) in [5.74, 6) is 0.587. The molecule has 0 fully saturated rings. The lowest BCUT2D eigenvalue weighted by molar-refractivity contribution is 0.102. The van der Waals surface area contributed by atoms with Gasteiger partial charge < -0.3 is 14.3 Å². The zero-order valence-electron chi connectivity index (χ0n) is 11.1. The molecule has 3 rings (SSSR count). The number of hydrogen-bond acceptors (Lipinski definition) is 4. The van der Waals surface area contributed by atoms with Crippen molar-refractivity contribution < 1.29 is 13.7 Å². The van der Waals surface area contributed by atoms with Gasteiger partial charge >= 0.3 is 0 Å². The van der Waals surface area contributed by atoms with Crippen molar-refractivity contribution in [1.82, 2.24) is 5.16 Å². The van der Waals surface area contributed by atoms with Crippen LogP contribution in [0.3, 0.4) is 0 Å². The summed E-state index contributed by atoms with van der Waals surface area (Å²) in [6.45, 7) is 1.68. The normalized spacial score (nSPS) is 10.6. The number of nitrogens with one attached hydrogen (secondary N) is 1. The van der Waals surface area contributed by atoms with Crippen LogP contribution in [-0.2, 0) is 0 Å². The average molecular weight is 303 g/mol. The Kier molecular flexibility index (Phi) is 3.50. The van der Waals surface area contributed by atoms with E-state index in [0.29, 0.717) is 33.5 Å². The Morgan fingerprint density at radius 2 is 2.00 bits per heavy atom. The van der Waals surface area contributed by atoms with Crippen LogP contribution in [-0.4, -0.2) is 11.1 Å². The fourth-order valence-corrected chi connectivity index (χ4v) is 2.07. The number of halogens is 1. The largest absolute Gasteiger partial charge is 0.463 e. The third kappa shape index (κ3) is 2.68. The molecule has 6 heteroatoms. The minimum atomic E-state index is -0.317. The maximum Gasteiger partial charge on any atom is 0.261 e. The molecule has 3 aromatic rings. The van der Waals surface area contributed by atoms with Crippen LogP contribution in [0.1, 0.15) is 16.1 Å². The number of aromatic nitrogens is 1. The van der Waals surface area contributed by atoms with E-state index in [1.165, 1.54) is 6.26 Å². The molecule has 0 spiro atoms. The van der Waals surface area contributed by atoms with Gasteiger partial charge in [0.2, 0.25) is 0 Å². The second-order valence-corrected chi connectivity index (χ2v) is 4.84. The van der Waals surface area contributed by atoms with Crippen molar-refractivity contribution >= 4 is 23.2 Å². The van der Waals surface area contributed by atoms with Gasteiger partial charge in [0.1, 0.15) is 11.3 Å². The van der Waals surface area contributed by atoms with Gasteiger partial charge in [-0.1, -0.05) is 16.8 Å². The highest BCUT2D eigenvalue weighted by atomic mass is 35.5. The molecule has 0 saturated heterocycles. The van der Waals surface area contributed by atoms with Gasteiger partial charge in [-0.3, -0.25) is 4.79 Å². The SMILES string of the molecule is Cc1onc(-c2ccco2)c1C(=O)Nc1ccc(Cl)cc1. The molecule has 0 aliphatic carbocycles. The molecule has 0 bridgehead atoms. The number of carbonyl (C=O) groups excluding carboxylic acids is 1. The van der Waals surface area contributed by atoms with Gasteiger partial charge in [-0.05, 0) is 43.3 Å². The van der Waals surface area contributed by atoms with E-state index in [0.717, 1.165) is 0 Å². The van der Waals surface area contributed by atoms with Crippen LogP contribution < -0.4 is 5.32 Å². The summed E-state index contributed by atoms with van der Waals surface area (Å²) in [6, 6.07) is 10.3. The monoisotopic (exact) mass is 302 g/mol. The van der Waals surface area contributed by atoms with E-state index < -0.39 is 0 Å². The summed E-state index contributed by atoms with van der Waals surface area (Å²) >= 11 is 5.82. The first-order chi connectivity index (χ1) is 10.1. The highest BCUT2D eigenvalue weighted by Gasteiger charge is 2.23. The maximum absolute atomic E-state index is 12.4. The third-order valence-electron chi connectivity index (χ3n) is 2.95. The molecule has 1 amide bonds. The van der Waals surface area contributed by atoms with E-state index >= 15 is 0 Å². The fourth-order valence-electron chi connectivity index (χ4n) is 1.95. The van der Waals surface area contributed by atoms with Crippen LogP contribution in [0.25, 0.3) is 11.5 Å². The van der Waals surface area contributed by atoms with Crippen LogP contribution >= 0.6 is 11.6 Å². The molecule has 0 aliphatic rings. The fraction of sp³-hybridized carbons (Fsp3) is 0.0667. The molecule has 0 saturated carbocycles. The smallest absolute Gasteiger partial charge is 0.261 e. The predicted octanol–water partition coefficient (Wildman–Crippen LogP) is 4.15. The van der Waals surface area contributed by atoms with Crippen molar-refractivity contribution in [2.45, 2.75) is 6.92 Å². The maximum atomic E-state index is 12.4. The Morgan fingerprint density at radius 1 is 1.24 bits per heavy atom. The molecule has 106 valence electrons. The number of furan rings is 1. The highest BCUT2D eigenvalue weighted by Crippen LogP contribution is 2.26. The molecule has 0 aliphatic heterocycles. The quantitative estimate of drug-likeness (QED) is 0.789. The summed E-state index contributed by atoms with van der Waals surface area (Å²) < 4.78 is 10.4. The summed E-state index contributed by atoms with van der Waals surface area (Å²) in [5.41, 5.74) is 1.36. The Morgan fingerprint density at radius 3 is 2.67 bits per heavy atom. The number of carbonyl (C=O) groups is 1. The molecular formula is C15H11ClN2O3. The van der Waals surface area contributed by atoms with E-state index in [4.69, 9.17) is 20.5 Å². The van der Waals surface area contributed by atoms with Crippen molar-refractivity contribution in [1.29, 1.82) is 0 Å². The van der Waals surface area contributed by atoms with Gasteiger partial charge in [-0.25, -0.2) is 0 Å². The minimum Gasteiger partial charge on any atom is -0.463 e. The van der Waals surface area contributed by atoms with Gasteiger partial charge in [0.25, 0.3) is 5.91 Å². The van der Waals surface area contributed by atoms with Crippen LogP contribution in [0.5, 0.6) is 0 Å². The van der Waals surface area contributed by atoms with Crippen LogP contribution in [0.2, 0.25) is 5.02 Å². The zero-order valence-corrected chi connectivity index (χ0v) is 11.8. The second-order valence-electron chi connectivity index (χ2n) is 4.40. The van der Waals surface area contributed by atoms with Gasteiger partial charge in [-0.15, -0.1) is 0 Å². The van der Waals surface area contributed by atoms with Crippen molar-refractivity contribution in [2.75, 3.05) is 5.32 Å². The Bertz CT molecular complexity index is 761. The highest BCUT2D eigenvalue weighted by molar-refractivity contribution is 6.30. The van der Waals surface area contributed by atoms with E-state index in [2.05, 4.69) is 10.5 Å². The predicted molar refractivity (Wildman–Crippen MR) is 78.3 cm³/mol. The first-order valence-electron chi connectivity index (χ1n) is 6.22. The van der Waals surface area contributed by atoms with Gasteiger partial charge in [-0.2, -0.15) is 0 Å². The summed E-state index contributed by atoms with van der Waals surface area (Å²) in [5, 5.41) is 7.26. The van der Waals surface area contributed by atoms with E-state index in [1.54, 1.807) is 43.3 Å². The van der Waals surface area contributed by atoms with E-state index in [9.17, 15) is 4.79 Å². The number of aryl methyl sites for hydroxylation is 1. The Balaban J connectivity index is 1.91. The van der Waals surface area contributed by atoms with Crippen molar-refractivity contribution in [3.8, 4) is 11.5 Å². The summed E-state index contributed by atoms with van der Waals surface area (Å²) in [7, 11) is 0. The number of anilines is 1. The minimum absolute atomic E-state index is 0.317. The van der Waals surface area contributed by atoms with Gasteiger partial charge in [0, 0.05) is 10.7 Å². The molecule has 1 N–H and O–H groups in total. The summed E-state index contributed by atoms with van der Waals surface area (Å²) in [4.78, 5) is 12.4. The van der Waals surface area contributed by atoms with E-state index in [1.807, 2.05) is 0 Å². The molecule has 0 radical (unpaired) electrons. The molecule has 0 atom stereocenters. The standard InChI is InChI=1S/C15H11ClN2O3/c1-9-13(14(18-21-9)12-3-2-8-20-12)15(19)17-11-6-4-10(16)5-7-11/h2-8H,1H3,(H,17,19). The van der Waals surface area contributed by atoms with Crippen LogP contribution in [0.15, 0.2) is 51.6 Å². The first-order valence-corrected chi connectivity index (χ1v) is 6.60. The lowest BCUT2D eigenvalue weighted by atomic mass is 10.1. The van der Waals surface area contributed by atoms with E-state index in [-0.39, 0.29) is 5.91 Å². The zero-order chi connectivity index (χ0) is 14.8. The van der Waals surface area contributed by atoms with Crippen molar-refractivity contribution in [3.05, 3.63) is 59.0 Å². The number of nitrogens with zero attached hydrogens (tertiary/aromatic N) is 1. The number of amides is 1. The molecule has 21 heavy (non-hydrogen) atoms. The van der Waals surface area contributed by atoms with Crippen LogP contribution in [0, 0.1) is 6.92 Å². The van der Waals surface area contributed by atoms with Crippen LogP contribution in [0.4, 0.5) is 5.69 Å². The van der Waals surface area contributed by atoms with Gasteiger partial charge in [0.05, 0.1) is 6.26 Å². The number of hydrogen-bond donors (Lipinski definition) is 1. The topological polar surface area (TPSA) is 68.3 Å². The molecule has 0 unspecified atom stereocenters. The lowest BCUT2D eigenvalue weighted by Crippen LogP contribution is -2.13. The molecule has 1 aromatic carbocycles. The average Bonchev–Trinajstić information content (AvgIpc) is 3.10. The lowest BCUT2D eigenvalue weighted by Gasteiger charge is -2.05. The molecular weight excluding hydrogens is 292 g/mol. The Labute approximate surface area is 125 Å². The molecule has 2 heterocycles. The first kappa shape index (κ1) is 13.5. The van der Waals surface area contributed by atoms with Gasteiger partial charge in [0.15, 0.2) is 11.5 Å². The Hall–Kier alpha value is -2.53.